The van der Waals surface area contributed by atoms with Crippen molar-refractivity contribution in [1.29, 1.82) is 0 Å². The topological polar surface area (TPSA) is 78.3 Å². The highest BCUT2D eigenvalue weighted by Crippen LogP contribution is 2.71. The van der Waals surface area contributed by atoms with E-state index in [0.29, 0.717) is 10.5 Å². The highest BCUT2D eigenvalue weighted by molar-refractivity contribution is 14.1. The van der Waals surface area contributed by atoms with E-state index < -0.39 is 11.2 Å². The van der Waals surface area contributed by atoms with Crippen molar-refractivity contribution in [2.45, 2.75) is 44.3 Å². The van der Waals surface area contributed by atoms with Crippen LogP contribution in [0.15, 0.2) is 12.4 Å². The number of nitrogens with zero attached hydrogens (tertiary/aromatic N) is 3. The minimum absolute atomic E-state index is 0.0197. The molecule has 9 heteroatoms. The molecule has 3 fully saturated rings. The lowest BCUT2D eigenvalue weighted by Crippen LogP contribution is -2.40. The molecule has 2 aromatic rings. The minimum atomic E-state index is -0.724. The second kappa shape index (κ2) is 5.30. The van der Waals surface area contributed by atoms with Crippen LogP contribution in [0.4, 0.5) is 0 Å². The zero-order chi connectivity index (χ0) is 18.4. The number of ether oxygens (including phenoxy) is 2. The summed E-state index contributed by atoms with van der Waals surface area (Å²) in [5.41, 5.74) is 0.846. The van der Waals surface area contributed by atoms with Crippen molar-refractivity contribution in [2.24, 2.45) is 11.3 Å². The Labute approximate surface area is 168 Å². The zero-order valence-electron chi connectivity index (χ0n) is 14.5. The second-order valence-corrected chi connectivity index (χ2v) is 9.20. The van der Waals surface area contributed by atoms with Crippen LogP contribution in [0.25, 0.3) is 11.2 Å². The third-order valence-electron chi connectivity index (χ3n) is 5.87. The van der Waals surface area contributed by atoms with Gasteiger partial charge < -0.3 is 19.4 Å². The summed E-state index contributed by atoms with van der Waals surface area (Å²) in [5, 5.41) is 3.39. The number of rotatable bonds is 2. The third kappa shape index (κ3) is 2.10. The average Bonchev–Trinajstić information content (AvgIpc) is 2.88. The fourth-order valence-corrected chi connectivity index (χ4v) is 5.82. The molecule has 1 N–H and O–H groups in total. The van der Waals surface area contributed by atoms with Gasteiger partial charge >= 0.3 is 0 Å². The highest BCUT2D eigenvalue weighted by Gasteiger charge is 2.79. The molecule has 5 atom stereocenters. The van der Waals surface area contributed by atoms with E-state index in [1.54, 1.807) is 19.4 Å². The van der Waals surface area contributed by atoms with E-state index in [1.165, 1.54) is 0 Å². The number of carbonyl (C=O) groups excluding carboxylic acids is 1. The molecule has 1 aliphatic heterocycles. The summed E-state index contributed by atoms with van der Waals surface area (Å²) in [6.07, 6.45) is 2.03. The molecular weight excluding hydrogens is 471 g/mol. The molecule has 3 heterocycles. The van der Waals surface area contributed by atoms with Gasteiger partial charge in [-0.25, -0.2) is 9.97 Å². The van der Waals surface area contributed by atoms with Crippen LogP contribution in [0.2, 0.25) is 5.02 Å². The smallest absolute Gasteiger partial charge is 0.229 e. The van der Waals surface area contributed by atoms with Crippen LogP contribution in [-0.4, -0.2) is 45.5 Å². The molecule has 138 valence electrons. The molecule has 0 bridgehead atoms. The number of hydrogen-bond donors (Lipinski definition) is 1. The van der Waals surface area contributed by atoms with Crippen LogP contribution < -0.4 is 5.32 Å². The van der Waals surface area contributed by atoms with Gasteiger partial charge in [-0.15, -0.1) is 0 Å². The predicted molar refractivity (Wildman–Crippen MR) is 103 cm³/mol. The van der Waals surface area contributed by atoms with Crippen molar-refractivity contribution in [2.75, 3.05) is 7.05 Å². The molecule has 1 saturated heterocycles. The Balaban J connectivity index is 1.65. The number of aromatic nitrogens is 3. The van der Waals surface area contributed by atoms with Crippen LogP contribution in [0, 0.1) is 15.0 Å². The van der Waals surface area contributed by atoms with E-state index in [4.69, 9.17) is 21.1 Å². The van der Waals surface area contributed by atoms with E-state index in [2.05, 4.69) is 37.9 Å². The van der Waals surface area contributed by atoms with Gasteiger partial charge in [-0.2, -0.15) is 0 Å². The first-order valence-corrected chi connectivity index (χ1v) is 10.0. The van der Waals surface area contributed by atoms with Crippen molar-refractivity contribution < 1.29 is 14.3 Å². The third-order valence-corrected chi connectivity index (χ3v) is 6.71. The normalized spacial score (nSPS) is 36.8. The van der Waals surface area contributed by atoms with Crippen LogP contribution in [0.1, 0.15) is 26.3 Å². The maximum absolute atomic E-state index is 12.7. The lowest BCUT2D eigenvalue weighted by Gasteiger charge is -2.24. The maximum atomic E-state index is 12.7. The molecule has 26 heavy (non-hydrogen) atoms. The fourth-order valence-electron chi connectivity index (χ4n) is 4.86. The van der Waals surface area contributed by atoms with Crippen LogP contribution in [-0.2, 0) is 14.3 Å². The molecule has 0 aromatic carbocycles. The Morgan fingerprint density at radius 1 is 1.46 bits per heavy atom. The Morgan fingerprint density at radius 3 is 2.96 bits per heavy atom. The first kappa shape index (κ1) is 17.2. The van der Waals surface area contributed by atoms with E-state index in [-0.39, 0.29) is 30.1 Å². The van der Waals surface area contributed by atoms with Gasteiger partial charge in [0, 0.05) is 13.0 Å². The predicted octanol–water partition coefficient (Wildman–Crippen LogP) is 2.52. The van der Waals surface area contributed by atoms with Gasteiger partial charge in [0.05, 0.1) is 22.8 Å². The fraction of sp³-hybridized carbons (Fsp3) is 0.588. The lowest BCUT2D eigenvalue weighted by atomic mass is 9.98. The molecule has 5 rings (SSSR count). The van der Waals surface area contributed by atoms with E-state index >= 15 is 0 Å². The summed E-state index contributed by atoms with van der Waals surface area (Å²) in [7, 11) is 1.67. The van der Waals surface area contributed by atoms with Gasteiger partial charge in [-0.05, 0) is 48.9 Å². The first-order chi connectivity index (χ1) is 12.3. The van der Waals surface area contributed by atoms with Gasteiger partial charge in [0.2, 0.25) is 5.91 Å². The molecule has 2 aromatic heterocycles. The molecule has 1 amide bonds. The first-order valence-electron chi connectivity index (χ1n) is 8.55. The molecule has 2 saturated carbocycles. The molecule has 0 spiro atoms. The Hall–Kier alpha value is -0.970. The van der Waals surface area contributed by atoms with Crippen molar-refractivity contribution in [3.63, 3.8) is 0 Å². The van der Waals surface area contributed by atoms with Crippen LogP contribution in [0.3, 0.4) is 0 Å². The number of imidazole rings is 1. The number of pyridine rings is 1. The molecule has 3 aliphatic rings. The van der Waals surface area contributed by atoms with E-state index in [9.17, 15) is 4.79 Å². The van der Waals surface area contributed by atoms with Crippen molar-refractivity contribution in [3.8, 4) is 0 Å². The zero-order valence-corrected chi connectivity index (χ0v) is 17.4. The number of carbonyl (C=O) groups is 1. The molecule has 2 unspecified atom stereocenters. The molecule has 7 nitrogen and oxygen atoms in total. The quantitative estimate of drug-likeness (QED) is 0.519. The summed E-state index contributed by atoms with van der Waals surface area (Å²) < 4.78 is 15.2. The van der Waals surface area contributed by atoms with Crippen molar-refractivity contribution >= 4 is 51.3 Å². The summed E-state index contributed by atoms with van der Waals surface area (Å²) in [5.74, 6) is -0.575. The second-order valence-electron chi connectivity index (χ2n) is 7.69. The van der Waals surface area contributed by atoms with Crippen molar-refractivity contribution in [3.05, 3.63) is 21.1 Å². The monoisotopic (exact) mass is 488 g/mol. The molecule has 2 aliphatic carbocycles. The van der Waals surface area contributed by atoms with Gasteiger partial charge in [0.1, 0.15) is 21.4 Å². The summed E-state index contributed by atoms with van der Waals surface area (Å²) in [4.78, 5) is 21.8. The maximum Gasteiger partial charge on any atom is 0.229 e. The van der Waals surface area contributed by atoms with Gasteiger partial charge in [0.25, 0.3) is 0 Å². The largest absolute Gasteiger partial charge is 0.359 e. The number of amides is 1. The number of fused-ring (bicyclic) bond motifs is 4. The SMILES string of the molecule is CNC(=O)[C@]12CC1[C@@H](n1cnc3c(Cl)cc(I)nc31)C1OC(C)(C)O[C@@H]12. The Bertz CT molecular complexity index is 947. The summed E-state index contributed by atoms with van der Waals surface area (Å²) in [6, 6.07) is 1.73. The van der Waals surface area contributed by atoms with Crippen molar-refractivity contribution in [1.82, 2.24) is 19.9 Å². The van der Waals surface area contributed by atoms with Crippen LogP contribution >= 0.6 is 34.2 Å². The Morgan fingerprint density at radius 2 is 2.23 bits per heavy atom. The molecular formula is C17H18ClIN4O3. The number of halogens is 2. The lowest BCUT2D eigenvalue weighted by molar-refractivity contribution is -0.164. The Kier molecular flexibility index (Phi) is 3.50. The van der Waals surface area contributed by atoms with E-state index in [1.807, 2.05) is 18.4 Å². The standard InChI is InChI=1S/C17H18ClIN4O3/c1-16(2)25-12-11(7-5-17(7,13(12)26-16)15(24)20-3)23-6-21-10-8(18)4-9(19)22-14(10)23/h4,6-7,11-13H,5H2,1-3H3,(H,20,24)/t7?,11-,12?,13+,17-/m1/s1. The average molecular weight is 489 g/mol. The van der Waals surface area contributed by atoms with Gasteiger partial charge in [-0.3, -0.25) is 4.79 Å². The minimum Gasteiger partial charge on any atom is -0.359 e. The van der Waals surface area contributed by atoms with Crippen LogP contribution in [0.5, 0.6) is 0 Å². The van der Waals surface area contributed by atoms with Gasteiger partial charge in [-0.1, -0.05) is 11.6 Å². The van der Waals surface area contributed by atoms with Gasteiger partial charge in [0.15, 0.2) is 11.4 Å². The summed E-state index contributed by atoms with van der Waals surface area (Å²) in [6.45, 7) is 3.78. The molecule has 0 radical (unpaired) electrons. The number of hydrogen-bond acceptors (Lipinski definition) is 5. The highest BCUT2D eigenvalue weighted by atomic mass is 127. The number of nitrogens with one attached hydrogen (secondary N) is 1. The van der Waals surface area contributed by atoms with E-state index in [0.717, 1.165) is 15.8 Å². The summed E-state index contributed by atoms with van der Waals surface area (Å²) >= 11 is 8.49.